The summed E-state index contributed by atoms with van der Waals surface area (Å²) < 4.78 is 31.9. The van der Waals surface area contributed by atoms with Crippen LogP contribution >= 0.6 is 0 Å². The molecule has 6 heteroatoms. The molecule has 0 aliphatic carbocycles. The molecule has 3 rings (SSSR count). The number of nitrogens with one attached hydrogen (secondary N) is 1. The van der Waals surface area contributed by atoms with Crippen molar-refractivity contribution in [2.45, 2.75) is 17.2 Å². The number of nitriles is 1. The summed E-state index contributed by atoms with van der Waals surface area (Å²) in [6.07, 6.45) is 0. The van der Waals surface area contributed by atoms with Crippen molar-refractivity contribution in [1.29, 1.82) is 5.26 Å². The maximum absolute atomic E-state index is 13.4. The lowest BCUT2D eigenvalue weighted by Crippen LogP contribution is -2.22. The van der Waals surface area contributed by atoms with E-state index >= 15 is 0 Å². The molecule has 0 amide bonds. The lowest BCUT2D eigenvalue weighted by molar-refractivity contribution is 0.413. The summed E-state index contributed by atoms with van der Waals surface area (Å²) in [6.45, 7) is 1.91. The van der Waals surface area contributed by atoms with Gasteiger partial charge in [-0.2, -0.15) is 5.26 Å². The van der Waals surface area contributed by atoms with Crippen LogP contribution in [-0.4, -0.2) is 15.5 Å². The Balaban J connectivity index is 2.06. The molecule has 0 saturated carbocycles. The molecule has 0 spiro atoms. The first-order valence-electron chi connectivity index (χ1n) is 8.66. The molecule has 0 heterocycles. The molecule has 0 saturated heterocycles. The standard InChI is InChI=1S/C22H20N2O3S/c1-16-8-11-20(12-9-16)28(25,26)22(17-6-4-3-5-7-17)24-19-10-13-21(27-2)18(14-19)15-23/h3-14,22,24H,1-2H3. The Kier molecular flexibility index (Phi) is 5.67. The van der Waals surface area contributed by atoms with Crippen molar-refractivity contribution in [2.24, 2.45) is 0 Å². The number of methoxy groups -OCH3 is 1. The highest BCUT2D eigenvalue weighted by Gasteiger charge is 2.29. The summed E-state index contributed by atoms with van der Waals surface area (Å²) in [7, 11) is -2.25. The average Bonchev–Trinajstić information content (AvgIpc) is 2.72. The molecule has 0 bridgehead atoms. The Morgan fingerprint density at radius 1 is 1.00 bits per heavy atom. The maximum atomic E-state index is 13.4. The minimum absolute atomic E-state index is 0.230. The molecule has 0 aliphatic heterocycles. The molecule has 0 aromatic heterocycles. The molecule has 1 unspecified atom stereocenters. The second kappa shape index (κ2) is 8.15. The average molecular weight is 392 g/mol. The van der Waals surface area contributed by atoms with Crippen LogP contribution in [-0.2, 0) is 9.84 Å². The number of benzene rings is 3. The third kappa shape index (κ3) is 4.00. The Morgan fingerprint density at radius 3 is 2.29 bits per heavy atom. The molecule has 3 aromatic rings. The quantitative estimate of drug-likeness (QED) is 0.670. The van der Waals surface area contributed by atoms with Gasteiger partial charge in [-0.05, 0) is 42.8 Å². The summed E-state index contributed by atoms with van der Waals surface area (Å²) >= 11 is 0. The Bertz CT molecular complexity index is 1100. The van der Waals surface area contributed by atoms with Crippen LogP contribution in [0.2, 0.25) is 0 Å². The van der Waals surface area contributed by atoms with Crippen molar-refractivity contribution in [3.05, 3.63) is 89.5 Å². The number of rotatable bonds is 6. The number of aryl methyl sites for hydroxylation is 1. The molecule has 0 fully saturated rings. The lowest BCUT2D eigenvalue weighted by atomic mass is 10.1. The molecule has 5 nitrogen and oxygen atoms in total. The molecule has 1 atom stereocenters. The van der Waals surface area contributed by atoms with E-state index in [0.29, 0.717) is 22.6 Å². The van der Waals surface area contributed by atoms with E-state index in [-0.39, 0.29) is 4.90 Å². The maximum Gasteiger partial charge on any atom is 0.203 e. The van der Waals surface area contributed by atoms with Gasteiger partial charge in [-0.3, -0.25) is 0 Å². The summed E-state index contributed by atoms with van der Waals surface area (Å²) in [6, 6.07) is 22.7. The molecule has 0 aliphatic rings. The van der Waals surface area contributed by atoms with Crippen molar-refractivity contribution in [2.75, 3.05) is 12.4 Å². The zero-order chi connectivity index (χ0) is 20.1. The minimum Gasteiger partial charge on any atom is -0.495 e. The second-order valence-electron chi connectivity index (χ2n) is 6.32. The molecule has 28 heavy (non-hydrogen) atoms. The van der Waals surface area contributed by atoms with Crippen LogP contribution in [0.15, 0.2) is 77.7 Å². The highest BCUT2D eigenvalue weighted by molar-refractivity contribution is 7.91. The van der Waals surface area contributed by atoms with Crippen LogP contribution in [0.5, 0.6) is 5.75 Å². The summed E-state index contributed by atoms with van der Waals surface area (Å²) in [5.41, 5.74) is 2.43. The smallest absolute Gasteiger partial charge is 0.203 e. The first kappa shape index (κ1) is 19.5. The van der Waals surface area contributed by atoms with Crippen LogP contribution in [0, 0.1) is 18.3 Å². The summed E-state index contributed by atoms with van der Waals surface area (Å²) in [4.78, 5) is 0.230. The highest BCUT2D eigenvalue weighted by atomic mass is 32.2. The van der Waals surface area contributed by atoms with E-state index in [0.717, 1.165) is 5.56 Å². The fraction of sp³-hybridized carbons (Fsp3) is 0.136. The topological polar surface area (TPSA) is 79.2 Å². The Hall–Kier alpha value is -3.30. The number of anilines is 1. The Morgan fingerprint density at radius 2 is 1.68 bits per heavy atom. The first-order chi connectivity index (χ1) is 13.5. The third-order valence-electron chi connectivity index (χ3n) is 4.38. The summed E-state index contributed by atoms with van der Waals surface area (Å²) in [5, 5.41) is 11.4. The van der Waals surface area contributed by atoms with Gasteiger partial charge < -0.3 is 10.1 Å². The van der Waals surface area contributed by atoms with Gasteiger partial charge in [-0.15, -0.1) is 0 Å². The first-order valence-corrected chi connectivity index (χ1v) is 10.2. The van der Waals surface area contributed by atoms with Gasteiger partial charge >= 0.3 is 0 Å². The van der Waals surface area contributed by atoms with E-state index in [2.05, 4.69) is 11.4 Å². The van der Waals surface area contributed by atoms with E-state index in [1.807, 2.05) is 13.0 Å². The second-order valence-corrected chi connectivity index (χ2v) is 8.35. The van der Waals surface area contributed by atoms with Gasteiger partial charge in [0.2, 0.25) is 9.84 Å². The molecular weight excluding hydrogens is 372 g/mol. The van der Waals surface area contributed by atoms with Gasteiger partial charge in [-0.25, -0.2) is 8.42 Å². The van der Waals surface area contributed by atoms with E-state index in [4.69, 9.17) is 4.74 Å². The van der Waals surface area contributed by atoms with Crippen LogP contribution in [0.3, 0.4) is 0 Å². The summed E-state index contributed by atoms with van der Waals surface area (Å²) in [5.74, 6) is 0.436. The van der Waals surface area contributed by atoms with Crippen molar-refractivity contribution in [1.82, 2.24) is 0 Å². The van der Waals surface area contributed by atoms with Crippen molar-refractivity contribution >= 4 is 15.5 Å². The van der Waals surface area contributed by atoms with Gasteiger partial charge in [0.15, 0.2) is 5.37 Å². The van der Waals surface area contributed by atoms with E-state index in [9.17, 15) is 13.7 Å². The molecular formula is C22H20N2O3S. The normalized spacial score (nSPS) is 12.0. The predicted molar refractivity (Wildman–Crippen MR) is 109 cm³/mol. The van der Waals surface area contributed by atoms with Gasteiger partial charge in [0, 0.05) is 5.69 Å². The van der Waals surface area contributed by atoms with E-state index in [1.54, 1.807) is 66.7 Å². The number of nitrogens with zero attached hydrogens (tertiary/aromatic N) is 1. The van der Waals surface area contributed by atoms with Gasteiger partial charge in [0.05, 0.1) is 17.6 Å². The minimum atomic E-state index is -3.73. The van der Waals surface area contributed by atoms with Crippen LogP contribution in [0.25, 0.3) is 0 Å². The zero-order valence-corrected chi connectivity index (χ0v) is 16.4. The van der Waals surface area contributed by atoms with Crippen molar-refractivity contribution in [3.8, 4) is 11.8 Å². The zero-order valence-electron chi connectivity index (χ0n) is 15.6. The fourth-order valence-electron chi connectivity index (χ4n) is 2.87. The van der Waals surface area contributed by atoms with Crippen LogP contribution < -0.4 is 10.1 Å². The molecule has 142 valence electrons. The third-order valence-corrected chi connectivity index (χ3v) is 6.32. The van der Waals surface area contributed by atoms with Crippen LogP contribution in [0.1, 0.15) is 22.1 Å². The Labute approximate surface area is 165 Å². The number of hydrogen-bond donors (Lipinski definition) is 1. The van der Waals surface area contributed by atoms with E-state index < -0.39 is 15.2 Å². The molecule has 1 N–H and O–H groups in total. The van der Waals surface area contributed by atoms with Crippen molar-refractivity contribution < 1.29 is 13.2 Å². The largest absolute Gasteiger partial charge is 0.495 e. The monoisotopic (exact) mass is 392 g/mol. The number of hydrogen-bond acceptors (Lipinski definition) is 5. The van der Waals surface area contributed by atoms with Gasteiger partial charge in [-0.1, -0.05) is 48.0 Å². The molecule has 0 radical (unpaired) electrons. The van der Waals surface area contributed by atoms with Crippen LogP contribution in [0.4, 0.5) is 5.69 Å². The van der Waals surface area contributed by atoms with Gasteiger partial charge in [0.25, 0.3) is 0 Å². The lowest BCUT2D eigenvalue weighted by Gasteiger charge is -2.21. The highest BCUT2D eigenvalue weighted by Crippen LogP contribution is 2.32. The fourth-order valence-corrected chi connectivity index (χ4v) is 4.46. The van der Waals surface area contributed by atoms with Crippen molar-refractivity contribution in [3.63, 3.8) is 0 Å². The van der Waals surface area contributed by atoms with Gasteiger partial charge in [0.1, 0.15) is 11.8 Å². The van der Waals surface area contributed by atoms with E-state index in [1.165, 1.54) is 7.11 Å². The number of sulfone groups is 1. The SMILES string of the molecule is COc1ccc(NC(c2ccccc2)S(=O)(=O)c2ccc(C)cc2)cc1C#N. The predicted octanol–water partition coefficient (Wildman–Crippen LogP) is 4.46. The number of ether oxygens (including phenoxy) is 1. The molecule has 3 aromatic carbocycles.